The van der Waals surface area contributed by atoms with Gasteiger partial charge in [-0.1, -0.05) is 6.07 Å². The average Bonchev–Trinajstić information content (AvgIpc) is 3.33. The van der Waals surface area contributed by atoms with Crippen LogP contribution in [0.1, 0.15) is 46.4 Å². The largest absolute Gasteiger partial charge is 0.338 e. The maximum atomic E-state index is 13.3. The van der Waals surface area contributed by atoms with E-state index in [2.05, 4.69) is 15.3 Å². The first-order chi connectivity index (χ1) is 12.2. The number of aromatic amines is 1. The molecule has 0 saturated carbocycles. The lowest BCUT2D eigenvalue weighted by Crippen LogP contribution is -2.47. The molecular weight excluding hydrogens is 314 g/mol. The number of fused-ring (bicyclic) bond motifs is 3. The van der Waals surface area contributed by atoms with E-state index in [1.807, 2.05) is 36.4 Å². The van der Waals surface area contributed by atoms with Crippen LogP contribution >= 0.6 is 0 Å². The summed E-state index contributed by atoms with van der Waals surface area (Å²) >= 11 is 0. The van der Waals surface area contributed by atoms with Crippen LogP contribution in [0.25, 0.3) is 5.52 Å². The van der Waals surface area contributed by atoms with Gasteiger partial charge in [0.1, 0.15) is 0 Å². The second kappa shape index (κ2) is 5.18. The fraction of sp³-hybridized carbons (Fsp3) is 0.421. The molecule has 1 N–H and O–H groups in total. The van der Waals surface area contributed by atoms with Gasteiger partial charge < -0.3 is 4.90 Å². The zero-order valence-electron chi connectivity index (χ0n) is 14.3. The van der Waals surface area contributed by atoms with Gasteiger partial charge in [-0.3, -0.25) is 9.89 Å². The standard InChI is InChI=1S/C19H21N5O/c1-13-4-2-9-24-16(13)15(11-21-24)18(25)23-8-3-6-19(12-23)7-5-14-10-20-22-17(14)19/h2,4,9-11H,3,5-8,12H2,1H3,(H,20,22). The number of carbonyl (C=O) groups is 1. The molecule has 1 aliphatic carbocycles. The molecule has 128 valence electrons. The van der Waals surface area contributed by atoms with Crippen LogP contribution in [0.15, 0.2) is 30.7 Å². The number of likely N-dealkylation sites (tertiary alicyclic amines) is 1. The van der Waals surface area contributed by atoms with Crippen LogP contribution in [0.2, 0.25) is 0 Å². The molecule has 3 aromatic rings. The molecule has 1 saturated heterocycles. The minimum absolute atomic E-state index is 0.0533. The first-order valence-electron chi connectivity index (χ1n) is 8.93. The Morgan fingerprint density at radius 2 is 2.24 bits per heavy atom. The molecule has 5 rings (SSSR count). The van der Waals surface area contributed by atoms with Crippen molar-refractivity contribution in [2.24, 2.45) is 0 Å². The number of nitrogens with zero attached hydrogens (tertiary/aromatic N) is 4. The van der Waals surface area contributed by atoms with E-state index in [1.54, 1.807) is 10.7 Å². The summed E-state index contributed by atoms with van der Waals surface area (Å²) in [6, 6.07) is 3.98. The second-order valence-electron chi connectivity index (χ2n) is 7.42. The molecule has 1 unspecified atom stereocenters. The van der Waals surface area contributed by atoms with Crippen molar-refractivity contribution in [3.05, 3.63) is 53.1 Å². The molecule has 1 atom stereocenters. The molecule has 4 heterocycles. The summed E-state index contributed by atoms with van der Waals surface area (Å²) in [5.74, 6) is 0.0938. The van der Waals surface area contributed by atoms with Crippen LogP contribution in [-0.2, 0) is 11.8 Å². The van der Waals surface area contributed by atoms with E-state index in [-0.39, 0.29) is 11.3 Å². The van der Waals surface area contributed by atoms with Gasteiger partial charge in [0.2, 0.25) is 0 Å². The molecule has 0 bridgehead atoms. The first-order valence-corrected chi connectivity index (χ1v) is 8.93. The minimum atomic E-state index is 0.0533. The third-order valence-corrected chi connectivity index (χ3v) is 5.96. The number of pyridine rings is 1. The number of amides is 1. The highest BCUT2D eigenvalue weighted by Gasteiger charge is 2.44. The summed E-state index contributed by atoms with van der Waals surface area (Å²) in [6.07, 6.45) is 9.87. The van der Waals surface area contributed by atoms with Gasteiger partial charge in [-0.05, 0) is 49.8 Å². The Morgan fingerprint density at radius 3 is 3.16 bits per heavy atom. The molecule has 0 radical (unpaired) electrons. The third kappa shape index (κ3) is 2.06. The summed E-state index contributed by atoms with van der Waals surface area (Å²) in [5, 5.41) is 11.8. The highest BCUT2D eigenvalue weighted by Crippen LogP contribution is 2.44. The van der Waals surface area contributed by atoms with Crippen molar-refractivity contribution >= 4 is 11.4 Å². The highest BCUT2D eigenvalue weighted by molar-refractivity contribution is 6.01. The van der Waals surface area contributed by atoms with Crippen molar-refractivity contribution in [2.75, 3.05) is 13.1 Å². The van der Waals surface area contributed by atoms with Crippen molar-refractivity contribution in [3.8, 4) is 0 Å². The number of hydrogen-bond donors (Lipinski definition) is 1. The molecule has 1 fully saturated rings. The number of H-pyrrole nitrogens is 1. The molecular formula is C19H21N5O. The van der Waals surface area contributed by atoms with Gasteiger partial charge in [-0.15, -0.1) is 0 Å². The van der Waals surface area contributed by atoms with E-state index >= 15 is 0 Å². The van der Waals surface area contributed by atoms with Gasteiger partial charge in [0.05, 0.1) is 23.5 Å². The number of aromatic nitrogens is 4. The highest BCUT2D eigenvalue weighted by atomic mass is 16.2. The first kappa shape index (κ1) is 14.7. The van der Waals surface area contributed by atoms with Crippen molar-refractivity contribution in [1.29, 1.82) is 0 Å². The van der Waals surface area contributed by atoms with Gasteiger partial charge in [0, 0.05) is 30.4 Å². The van der Waals surface area contributed by atoms with Crippen LogP contribution in [0, 0.1) is 6.92 Å². The molecule has 6 nitrogen and oxygen atoms in total. The van der Waals surface area contributed by atoms with Crippen molar-refractivity contribution in [2.45, 2.75) is 38.0 Å². The zero-order valence-corrected chi connectivity index (χ0v) is 14.3. The van der Waals surface area contributed by atoms with E-state index in [0.29, 0.717) is 5.56 Å². The van der Waals surface area contributed by atoms with Gasteiger partial charge in [0.25, 0.3) is 5.91 Å². The number of carbonyl (C=O) groups excluding carboxylic acids is 1. The Morgan fingerprint density at radius 1 is 1.32 bits per heavy atom. The van der Waals surface area contributed by atoms with Gasteiger partial charge in [-0.2, -0.15) is 10.2 Å². The summed E-state index contributed by atoms with van der Waals surface area (Å²) in [6.45, 7) is 3.61. The Kier molecular flexibility index (Phi) is 3.04. The fourth-order valence-corrected chi connectivity index (χ4v) is 4.72. The monoisotopic (exact) mass is 335 g/mol. The Balaban J connectivity index is 1.50. The number of hydrogen-bond acceptors (Lipinski definition) is 3. The predicted octanol–water partition coefficient (Wildman–Crippen LogP) is 2.49. The average molecular weight is 335 g/mol. The van der Waals surface area contributed by atoms with E-state index in [1.165, 1.54) is 11.3 Å². The fourth-order valence-electron chi connectivity index (χ4n) is 4.72. The molecule has 25 heavy (non-hydrogen) atoms. The van der Waals surface area contributed by atoms with Crippen molar-refractivity contribution in [1.82, 2.24) is 24.7 Å². The zero-order chi connectivity index (χ0) is 17.0. The maximum absolute atomic E-state index is 13.3. The molecule has 6 heteroatoms. The van der Waals surface area contributed by atoms with Crippen LogP contribution < -0.4 is 0 Å². The molecule has 1 aliphatic heterocycles. The molecule has 2 aliphatic rings. The summed E-state index contributed by atoms with van der Waals surface area (Å²) in [4.78, 5) is 15.3. The Labute approximate surface area is 145 Å². The quantitative estimate of drug-likeness (QED) is 0.743. The second-order valence-corrected chi connectivity index (χ2v) is 7.42. The SMILES string of the molecule is Cc1cccn2ncc(C(=O)N3CCCC4(CCc5cn[nH]c54)C3)c12. The normalized spacial score (nSPS) is 22.7. The van der Waals surface area contributed by atoms with E-state index < -0.39 is 0 Å². The predicted molar refractivity (Wildman–Crippen MR) is 93.7 cm³/mol. The summed E-state index contributed by atoms with van der Waals surface area (Å²) in [7, 11) is 0. The van der Waals surface area contributed by atoms with Crippen molar-refractivity contribution in [3.63, 3.8) is 0 Å². The van der Waals surface area contributed by atoms with Crippen LogP contribution in [-0.4, -0.2) is 43.7 Å². The molecule has 3 aromatic heterocycles. The maximum Gasteiger partial charge on any atom is 0.257 e. The summed E-state index contributed by atoms with van der Waals surface area (Å²) < 4.78 is 1.80. The molecule has 1 amide bonds. The lowest BCUT2D eigenvalue weighted by molar-refractivity contribution is 0.0634. The third-order valence-electron chi connectivity index (χ3n) is 5.96. The van der Waals surface area contributed by atoms with E-state index in [0.717, 1.165) is 49.9 Å². The van der Waals surface area contributed by atoms with Crippen LogP contribution in [0.4, 0.5) is 0 Å². The van der Waals surface area contributed by atoms with Crippen LogP contribution in [0.3, 0.4) is 0 Å². The van der Waals surface area contributed by atoms with Gasteiger partial charge >= 0.3 is 0 Å². The lowest BCUT2D eigenvalue weighted by atomic mass is 9.77. The van der Waals surface area contributed by atoms with Gasteiger partial charge in [0.15, 0.2) is 0 Å². The minimum Gasteiger partial charge on any atom is -0.338 e. The van der Waals surface area contributed by atoms with E-state index in [4.69, 9.17) is 0 Å². The molecule has 0 aromatic carbocycles. The lowest BCUT2D eigenvalue weighted by Gasteiger charge is -2.40. The molecule has 1 spiro atoms. The number of rotatable bonds is 1. The van der Waals surface area contributed by atoms with Gasteiger partial charge in [-0.25, -0.2) is 4.52 Å². The number of nitrogens with one attached hydrogen (secondary N) is 1. The smallest absolute Gasteiger partial charge is 0.257 e. The number of piperidine rings is 1. The number of aryl methyl sites for hydroxylation is 2. The summed E-state index contributed by atoms with van der Waals surface area (Å²) in [5.41, 5.74) is 5.32. The topological polar surface area (TPSA) is 66.3 Å². The Bertz CT molecular complexity index is 971. The Hall–Kier alpha value is -2.63. The van der Waals surface area contributed by atoms with Crippen molar-refractivity contribution < 1.29 is 4.79 Å². The van der Waals surface area contributed by atoms with Crippen LogP contribution in [0.5, 0.6) is 0 Å². The van der Waals surface area contributed by atoms with E-state index in [9.17, 15) is 4.79 Å².